The van der Waals surface area contributed by atoms with Crippen LogP contribution in [0, 0.1) is 0 Å². The van der Waals surface area contributed by atoms with Crippen LogP contribution >= 0.6 is 0 Å². The Bertz CT molecular complexity index is 558. The van der Waals surface area contributed by atoms with Gasteiger partial charge in [0.2, 0.25) is 0 Å². The highest BCUT2D eigenvalue weighted by Crippen LogP contribution is 2.12. The highest BCUT2D eigenvalue weighted by Gasteiger charge is 2.35. The first-order valence-electron chi connectivity index (χ1n) is 6.32. The lowest BCUT2D eigenvalue weighted by atomic mass is 10.2. The number of nitrogens with two attached hydrogens (primary N) is 1. The van der Waals surface area contributed by atoms with Crippen LogP contribution in [0.15, 0.2) is 24.3 Å². The molecule has 2 rings (SSSR count). The molecule has 1 fully saturated rings. The predicted octanol–water partition coefficient (Wildman–Crippen LogP) is 0.721. The fourth-order valence-corrected chi connectivity index (χ4v) is 1.95. The van der Waals surface area contributed by atoms with Crippen molar-refractivity contribution < 1.29 is 19.1 Å². The summed E-state index contributed by atoms with van der Waals surface area (Å²) in [4.78, 5) is 36.4. The van der Waals surface area contributed by atoms with E-state index in [1.165, 1.54) is 0 Å². The first-order valence-corrected chi connectivity index (χ1v) is 6.32. The Morgan fingerprint density at radius 3 is 2.38 bits per heavy atom. The van der Waals surface area contributed by atoms with Crippen molar-refractivity contribution in [3.63, 3.8) is 0 Å². The van der Waals surface area contributed by atoms with E-state index in [1.54, 1.807) is 31.4 Å². The standard InChI is InChI=1S/C13H16N4O4/c1-21-10-4-2-9(3-5-10)8-15-12(19)17-7-6-16(11(14)18)13(17)20/h2-5H,6-8H2,1H3,(H2,14,18)(H,15,19). The molecule has 0 saturated carbocycles. The van der Waals surface area contributed by atoms with Gasteiger partial charge < -0.3 is 15.8 Å². The predicted molar refractivity (Wildman–Crippen MR) is 73.6 cm³/mol. The van der Waals surface area contributed by atoms with Gasteiger partial charge in [0.1, 0.15) is 5.75 Å². The molecule has 1 heterocycles. The number of nitrogens with zero attached hydrogens (tertiary/aromatic N) is 2. The van der Waals surface area contributed by atoms with E-state index < -0.39 is 18.1 Å². The van der Waals surface area contributed by atoms with Crippen molar-refractivity contribution in [1.82, 2.24) is 15.1 Å². The van der Waals surface area contributed by atoms with Gasteiger partial charge in [0.05, 0.1) is 20.2 Å². The summed E-state index contributed by atoms with van der Waals surface area (Å²) in [5.74, 6) is 0.719. The molecule has 0 atom stereocenters. The summed E-state index contributed by atoms with van der Waals surface area (Å²) in [6.45, 7) is 0.517. The summed E-state index contributed by atoms with van der Waals surface area (Å²) < 4.78 is 5.03. The molecule has 1 aromatic rings. The van der Waals surface area contributed by atoms with Crippen LogP contribution in [0.1, 0.15) is 5.56 Å². The monoisotopic (exact) mass is 292 g/mol. The van der Waals surface area contributed by atoms with E-state index in [4.69, 9.17) is 10.5 Å². The molecule has 8 nitrogen and oxygen atoms in total. The normalized spacial score (nSPS) is 14.2. The Kier molecular flexibility index (Phi) is 4.27. The number of methoxy groups -OCH3 is 1. The summed E-state index contributed by atoms with van der Waals surface area (Å²) in [6, 6.07) is 5.05. The van der Waals surface area contributed by atoms with Gasteiger partial charge in [-0.05, 0) is 17.7 Å². The van der Waals surface area contributed by atoms with E-state index in [2.05, 4.69) is 5.32 Å². The van der Waals surface area contributed by atoms with Gasteiger partial charge in [-0.1, -0.05) is 12.1 Å². The number of urea groups is 3. The first kappa shape index (κ1) is 14.6. The molecule has 1 aromatic carbocycles. The number of nitrogens with one attached hydrogen (secondary N) is 1. The van der Waals surface area contributed by atoms with Crippen LogP contribution in [0.4, 0.5) is 14.4 Å². The zero-order valence-electron chi connectivity index (χ0n) is 11.5. The highest BCUT2D eigenvalue weighted by atomic mass is 16.5. The van der Waals surface area contributed by atoms with Gasteiger partial charge in [-0.2, -0.15) is 0 Å². The number of imide groups is 2. The minimum atomic E-state index is -0.856. The molecular weight excluding hydrogens is 276 g/mol. The van der Waals surface area contributed by atoms with Crippen LogP contribution in [0.2, 0.25) is 0 Å². The van der Waals surface area contributed by atoms with Gasteiger partial charge in [0.15, 0.2) is 0 Å². The molecule has 0 bridgehead atoms. The number of hydrogen-bond donors (Lipinski definition) is 2. The topological polar surface area (TPSA) is 105 Å². The molecule has 3 N–H and O–H groups in total. The van der Waals surface area contributed by atoms with Crippen LogP contribution in [0.5, 0.6) is 5.75 Å². The van der Waals surface area contributed by atoms with Crippen LogP contribution in [-0.4, -0.2) is 48.1 Å². The number of rotatable bonds is 3. The lowest BCUT2D eigenvalue weighted by Gasteiger charge is -2.15. The van der Waals surface area contributed by atoms with Crippen molar-refractivity contribution >= 4 is 18.1 Å². The summed E-state index contributed by atoms with van der Waals surface area (Å²) in [7, 11) is 1.57. The van der Waals surface area contributed by atoms with E-state index in [9.17, 15) is 14.4 Å². The number of amides is 6. The molecule has 0 spiro atoms. The van der Waals surface area contributed by atoms with Gasteiger partial charge in [0, 0.05) is 6.54 Å². The highest BCUT2D eigenvalue weighted by molar-refractivity contribution is 6.02. The summed E-state index contributed by atoms with van der Waals surface area (Å²) in [6.07, 6.45) is 0. The van der Waals surface area contributed by atoms with E-state index in [0.29, 0.717) is 0 Å². The minimum absolute atomic E-state index is 0.115. The first-order chi connectivity index (χ1) is 10.0. The number of ether oxygens (including phenoxy) is 1. The fourth-order valence-electron chi connectivity index (χ4n) is 1.95. The second-order valence-corrected chi connectivity index (χ2v) is 4.43. The molecular formula is C13H16N4O4. The van der Waals surface area contributed by atoms with Crippen molar-refractivity contribution in [1.29, 1.82) is 0 Å². The van der Waals surface area contributed by atoms with Gasteiger partial charge in [-0.25, -0.2) is 24.2 Å². The summed E-state index contributed by atoms with van der Waals surface area (Å²) in [5, 5.41) is 2.61. The van der Waals surface area contributed by atoms with Crippen LogP contribution < -0.4 is 15.8 Å². The van der Waals surface area contributed by atoms with Crippen molar-refractivity contribution in [2.24, 2.45) is 5.73 Å². The lowest BCUT2D eigenvalue weighted by Crippen LogP contribution is -2.44. The Morgan fingerprint density at radius 2 is 1.86 bits per heavy atom. The number of benzene rings is 1. The summed E-state index contributed by atoms with van der Waals surface area (Å²) in [5.41, 5.74) is 5.90. The SMILES string of the molecule is COc1ccc(CNC(=O)N2CCN(C(N)=O)C2=O)cc1. The molecule has 0 aromatic heterocycles. The third kappa shape index (κ3) is 3.22. The summed E-state index contributed by atoms with van der Waals surface area (Å²) >= 11 is 0. The smallest absolute Gasteiger partial charge is 0.336 e. The fraction of sp³-hybridized carbons (Fsp3) is 0.308. The average Bonchev–Trinajstić information content (AvgIpc) is 2.87. The lowest BCUT2D eigenvalue weighted by molar-refractivity contribution is 0.184. The minimum Gasteiger partial charge on any atom is -0.497 e. The van der Waals surface area contributed by atoms with Crippen molar-refractivity contribution in [2.45, 2.75) is 6.54 Å². The Labute approximate surface area is 121 Å². The van der Waals surface area contributed by atoms with Crippen molar-refractivity contribution in [2.75, 3.05) is 20.2 Å². The number of carbonyl (C=O) groups excluding carboxylic acids is 3. The van der Waals surface area contributed by atoms with Gasteiger partial charge >= 0.3 is 18.1 Å². The second-order valence-electron chi connectivity index (χ2n) is 4.43. The van der Waals surface area contributed by atoms with Gasteiger partial charge in [-0.3, -0.25) is 0 Å². The maximum Gasteiger partial charge on any atom is 0.336 e. The van der Waals surface area contributed by atoms with Crippen molar-refractivity contribution in [3.8, 4) is 5.75 Å². The zero-order valence-corrected chi connectivity index (χ0v) is 11.5. The zero-order chi connectivity index (χ0) is 15.4. The average molecular weight is 292 g/mol. The third-order valence-electron chi connectivity index (χ3n) is 3.12. The maximum atomic E-state index is 11.9. The van der Waals surface area contributed by atoms with E-state index >= 15 is 0 Å². The number of primary amides is 1. The molecule has 112 valence electrons. The Morgan fingerprint density at radius 1 is 1.24 bits per heavy atom. The van der Waals surface area contributed by atoms with E-state index in [1.807, 2.05) is 0 Å². The van der Waals surface area contributed by atoms with E-state index in [0.717, 1.165) is 21.1 Å². The van der Waals surface area contributed by atoms with Gasteiger partial charge in [0.25, 0.3) is 0 Å². The molecule has 6 amide bonds. The quantitative estimate of drug-likeness (QED) is 0.856. The van der Waals surface area contributed by atoms with Crippen LogP contribution in [0.3, 0.4) is 0 Å². The third-order valence-corrected chi connectivity index (χ3v) is 3.12. The molecule has 0 unspecified atom stereocenters. The molecule has 8 heteroatoms. The van der Waals surface area contributed by atoms with Crippen LogP contribution in [0.25, 0.3) is 0 Å². The Balaban J connectivity index is 1.90. The second kappa shape index (κ2) is 6.12. The largest absolute Gasteiger partial charge is 0.497 e. The molecule has 1 aliphatic rings. The maximum absolute atomic E-state index is 11.9. The number of carbonyl (C=O) groups is 3. The number of hydrogen-bond acceptors (Lipinski definition) is 4. The van der Waals surface area contributed by atoms with E-state index in [-0.39, 0.29) is 19.6 Å². The molecule has 1 aliphatic heterocycles. The molecule has 0 aliphatic carbocycles. The van der Waals surface area contributed by atoms with Gasteiger partial charge in [-0.15, -0.1) is 0 Å². The van der Waals surface area contributed by atoms with Crippen molar-refractivity contribution in [3.05, 3.63) is 29.8 Å². The van der Waals surface area contributed by atoms with Crippen LogP contribution in [-0.2, 0) is 6.54 Å². The molecule has 1 saturated heterocycles. The molecule has 21 heavy (non-hydrogen) atoms. The Hall–Kier alpha value is -2.77. The molecule has 0 radical (unpaired) electrons.